The average molecular weight is 495 g/mol. The van der Waals surface area contributed by atoms with E-state index in [-0.39, 0.29) is 17.4 Å². The third-order valence-electron chi connectivity index (χ3n) is 7.69. The molecule has 0 radical (unpaired) electrons. The van der Waals surface area contributed by atoms with Crippen LogP contribution in [0.1, 0.15) is 60.6 Å². The molecular formula is C22H25F3N6O2S. The lowest BCUT2D eigenvalue weighted by atomic mass is 9.57. The number of nitrogens with zero attached hydrogens (tertiary/aromatic N) is 4. The fourth-order valence-electron chi connectivity index (χ4n) is 5.44. The van der Waals surface area contributed by atoms with Crippen LogP contribution in [0, 0.1) is 10.2 Å². The number of aromatic nitrogens is 3. The van der Waals surface area contributed by atoms with Crippen LogP contribution in [0.5, 0.6) is 0 Å². The normalized spacial score (nSPS) is 24.3. The van der Waals surface area contributed by atoms with Gasteiger partial charge in [-0.15, -0.1) is 0 Å². The molecule has 1 atom stereocenters. The molecule has 0 bridgehead atoms. The number of nitrogens with one attached hydrogen (secondary N) is 2. The lowest BCUT2D eigenvalue weighted by Gasteiger charge is -2.59. The van der Waals surface area contributed by atoms with E-state index in [2.05, 4.69) is 15.2 Å². The van der Waals surface area contributed by atoms with Gasteiger partial charge in [-0.05, 0) is 43.4 Å². The number of urea groups is 1. The highest BCUT2D eigenvalue weighted by atomic mass is 32.2. The van der Waals surface area contributed by atoms with Crippen molar-refractivity contribution in [3.05, 3.63) is 41.5 Å². The highest BCUT2D eigenvalue weighted by molar-refractivity contribution is 7.93. The number of aromatic amines is 1. The number of halogens is 3. The monoisotopic (exact) mass is 494 g/mol. The van der Waals surface area contributed by atoms with Gasteiger partial charge in [0.2, 0.25) is 0 Å². The van der Waals surface area contributed by atoms with E-state index >= 15 is 0 Å². The predicted molar refractivity (Wildman–Crippen MR) is 116 cm³/mol. The minimum Gasteiger partial charge on any atom is -0.323 e. The smallest absolute Gasteiger partial charge is 0.323 e. The second-order valence-electron chi connectivity index (χ2n) is 10.3. The Kier molecular flexibility index (Phi) is 4.62. The molecule has 8 nitrogen and oxygen atoms in total. The maximum atomic E-state index is 12.8. The van der Waals surface area contributed by atoms with E-state index < -0.39 is 20.1 Å². The van der Waals surface area contributed by atoms with E-state index in [1.807, 2.05) is 4.90 Å². The molecule has 2 N–H and O–H groups in total. The SMILES string of the molecule is N=S(=O)(c1ccc(C2CN(C(=O)N3CC4(CC(c5nc(C6CC6)n[nH]5)C4)C3)C2)cc1)C(F)(F)F. The number of likely N-dealkylation sites (tertiary alicyclic amines) is 2. The van der Waals surface area contributed by atoms with Gasteiger partial charge >= 0.3 is 11.5 Å². The second kappa shape index (κ2) is 7.19. The summed E-state index contributed by atoms with van der Waals surface area (Å²) in [5.41, 5.74) is -4.13. The zero-order chi connectivity index (χ0) is 23.9. The summed E-state index contributed by atoms with van der Waals surface area (Å²) < 4.78 is 57.4. The van der Waals surface area contributed by atoms with Gasteiger partial charge in [0.25, 0.3) is 0 Å². The van der Waals surface area contributed by atoms with Crippen molar-refractivity contribution >= 4 is 15.8 Å². The molecule has 2 aliphatic carbocycles. The van der Waals surface area contributed by atoms with E-state index in [4.69, 9.17) is 4.78 Å². The Morgan fingerprint density at radius 3 is 2.29 bits per heavy atom. The van der Waals surface area contributed by atoms with Gasteiger partial charge in [0.15, 0.2) is 15.6 Å². The number of H-pyrrole nitrogens is 1. The van der Waals surface area contributed by atoms with E-state index in [0.29, 0.717) is 24.9 Å². The van der Waals surface area contributed by atoms with Gasteiger partial charge in [0.1, 0.15) is 5.82 Å². The standard InChI is InChI=1S/C22H25F3N6O2S/c23-22(24,25)34(26,33)17-5-3-13(4-6-17)16-9-30(10-16)20(32)31-11-21(12-31)7-15(8-21)19-27-18(28-29-19)14-1-2-14/h3-6,14-16,26H,1-2,7-12H2,(H,27,28,29). The fraction of sp³-hybridized carbons (Fsp3) is 0.591. The Morgan fingerprint density at radius 2 is 1.71 bits per heavy atom. The first-order chi connectivity index (χ1) is 16.0. The molecule has 1 aromatic heterocycles. The van der Waals surface area contributed by atoms with Crippen molar-refractivity contribution in [1.82, 2.24) is 25.0 Å². The highest BCUT2D eigenvalue weighted by Gasteiger charge is 2.56. The summed E-state index contributed by atoms with van der Waals surface area (Å²) in [6.45, 7) is 2.50. The molecule has 6 rings (SSSR count). The van der Waals surface area contributed by atoms with Crippen LogP contribution in [0.4, 0.5) is 18.0 Å². The summed E-state index contributed by atoms with van der Waals surface area (Å²) in [6, 6.07) is 5.18. The van der Waals surface area contributed by atoms with Crippen molar-refractivity contribution in [1.29, 1.82) is 4.78 Å². The van der Waals surface area contributed by atoms with Crippen molar-refractivity contribution in [3.8, 4) is 0 Å². The van der Waals surface area contributed by atoms with E-state index in [1.165, 1.54) is 25.0 Å². The molecule has 2 aliphatic heterocycles. The number of carbonyl (C=O) groups is 1. The van der Waals surface area contributed by atoms with E-state index in [1.54, 1.807) is 4.90 Å². The van der Waals surface area contributed by atoms with Crippen molar-refractivity contribution < 1.29 is 22.2 Å². The van der Waals surface area contributed by atoms with Gasteiger partial charge < -0.3 is 9.80 Å². The molecule has 3 heterocycles. The topological polar surface area (TPSA) is 106 Å². The molecule has 2 aromatic rings. The van der Waals surface area contributed by atoms with Crippen LogP contribution in [-0.4, -0.2) is 66.9 Å². The molecule has 4 aliphatic rings. The van der Waals surface area contributed by atoms with Gasteiger partial charge in [-0.2, -0.15) is 18.3 Å². The Morgan fingerprint density at radius 1 is 1.06 bits per heavy atom. The van der Waals surface area contributed by atoms with Crippen LogP contribution in [-0.2, 0) is 9.73 Å². The fourth-order valence-corrected chi connectivity index (χ4v) is 6.23. The van der Waals surface area contributed by atoms with Crippen LogP contribution >= 0.6 is 0 Å². The van der Waals surface area contributed by atoms with Crippen LogP contribution < -0.4 is 0 Å². The molecule has 4 fully saturated rings. The molecule has 34 heavy (non-hydrogen) atoms. The molecule has 2 amide bonds. The van der Waals surface area contributed by atoms with E-state index in [0.717, 1.165) is 55.3 Å². The number of benzene rings is 1. The number of rotatable bonds is 4. The summed E-state index contributed by atoms with van der Waals surface area (Å²) in [5.74, 6) is 2.88. The molecule has 12 heteroatoms. The van der Waals surface area contributed by atoms with Crippen LogP contribution in [0.2, 0.25) is 0 Å². The average Bonchev–Trinajstić information content (AvgIpc) is 3.42. The largest absolute Gasteiger partial charge is 0.483 e. The Bertz CT molecular complexity index is 1220. The zero-order valence-electron chi connectivity index (χ0n) is 18.3. The molecule has 2 saturated heterocycles. The number of alkyl halides is 3. The molecule has 182 valence electrons. The minimum atomic E-state index is -5.10. The summed E-state index contributed by atoms with van der Waals surface area (Å²) in [6.07, 6.45) is 4.39. The maximum absolute atomic E-state index is 12.8. The first-order valence-corrected chi connectivity index (χ1v) is 13.0. The molecular weight excluding hydrogens is 469 g/mol. The van der Waals surface area contributed by atoms with Gasteiger partial charge in [-0.1, -0.05) is 12.1 Å². The van der Waals surface area contributed by atoms with Crippen molar-refractivity contribution in [2.24, 2.45) is 5.41 Å². The first-order valence-electron chi connectivity index (χ1n) is 11.5. The highest BCUT2D eigenvalue weighted by Crippen LogP contribution is 2.56. The van der Waals surface area contributed by atoms with Crippen molar-refractivity contribution in [2.75, 3.05) is 26.2 Å². The Labute approximate surface area is 194 Å². The minimum absolute atomic E-state index is 0.00359. The first kappa shape index (κ1) is 21.9. The van der Waals surface area contributed by atoms with E-state index in [9.17, 15) is 22.2 Å². The van der Waals surface area contributed by atoms with Crippen LogP contribution in [0.25, 0.3) is 0 Å². The zero-order valence-corrected chi connectivity index (χ0v) is 19.2. The summed E-state index contributed by atoms with van der Waals surface area (Å²) in [5, 5.41) is 7.43. The van der Waals surface area contributed by atoms with Gasteiger partial charge in [0, 0.05) is 49.3 Å². The Balaban J connectivity index is 0.980. The predicted octanol–water partition coefficient (Wildman–Crippen LogP) is 4.01. The molecule has 1 unspecified atom stereocenters. The quantitative estimate of drug-likeness (QED) is 0.670. The summed E-state index contributed by atoms with van der Waals surface area (Å²) in [4.78, 5) is 20.5. The number of hydrogen-bond donors (Lipinski definition) is 2. The molecule has 1 aromatic carbocycles. The van der Waals surface area contributed by atoms with Crippen LogP contribution in [0.15, 0.2) is 29.2 Å². The second-order valence-corrected chi connectivity index (χ2v) is 12.3. The molecule has 2 saturated carbocycles. The lowest BCUT2D eigenvalue weighted by Crippen LogP contribution is -2.67. The van der Waals surface area contributed by atoms with Gasteiger partial charge in [-0.25, -0.2) is 18.8 Å². The van der Waals surface area contributed by atoms with Gasteiger partial charge in [-0.3, -0.25) is 5.10 Å². The van der Waals surface area contributed by atoms with Crippen molar-refractivity contribution in [3.63, 3.8) is 0 Å². The number of carbonyl (C=O) groups excluding carboxylic acids is 1. The van der Waals surface area contributed by atoms with Crippen LogP contribution in [0.3, 0.4) is 0 Å². The number of amides is 2. The Hall–Kier alpha value is -2.63. The third kappa shape index (κ3) is 3.48. The van der Waals surface area contributed by atoms with Gasteiger partial charge in [0.05, 0.1) is 4.90 Å². The molecule has 1 spiro atoms. The maximum Gasteiger partial charge on any atom is 0.483 e. The lowest BCUT2D eigenvalue weighted by molar-refractivity contribution is -0.0601. The third-order valence-corrected chi connectivity index (χ3v) is 9.28. The van der Waals surface area contributed by atoms with Crippen molar-refractivity contribution in [2.45, 2.75) is 53.8 Å². The summed E-state index contributed by atoms with van der Waals surface area (Å²) in [7, 11) is -4.85. The summed E-state index contributed by atoms with van der Waals surface area (Å²) >= 11 is 0. The number of hydrogen-bond acceptors (Lipinski definition) is 5.